The van der Waals surface area contributed by atoms with E-state index < -0.39 is 6.04 Å². The van der Waals surface area contributed by atoms with Crippen molar-refractivity contribution in [3.8, 4) is 5.75 Å². The summed E-state index contributed by atoms with van der Waals surface area (Å²) in [7, 11) is 1.35. The van der Waals surface area contributed by atoms with Crippen LogP contribution >= 0.6 is 0 Å². The summed E-state index contributed by atoms with van der Waals surface area (Å²) in [5.74, 6) is 0.403. The molecule has 0 aliphatic carbocycles. The van der Waals surface area contributed by atoms with E-state index in [9.17, 15) is 4.79 Å². The van der Waals surface area contributed by atoms with E-state index in [1.165, 1.54) is 7.11 Å². The Balaban J connectivity index is 2.81. The number of rotatable bonds is 5. The fourth-order valence-corrected chi connectivity index (χ4v) is 1.45. The Hall–Kier alpha value is -1.55. The van der Waals surface area contributed by atoms with Crippen LogP contribution in [-0.4, -0.2) is 19.7 Å². The molecular weight excluding hydrogens is 206 g/mol. The zero-order valence-electron chi connectivity index (χ0n) is 9.60. The average molecular weight is 223 g/mol. The van der Waals surface area contributed by atoms with Crippen LogP contribution in [-0.2, 0) is 9.53 Å². The zero-order chi connectivity index (χ0) is 12.0. The molecule has 0 aliphatic rings. The molecule has 0 radical (unpaired) electrons. The van der Waals surface area contributed by atoms with Crippen LogP contribution in [0, 0.1) is 0 Å². The smallest absolute Gasteiger partial charge is 0.307 e. The second-order valence-corrected chi connectivity index (χ2v) is 3.36. The van der Waals surface area contributed by atoms with Gasteiger partial charge in [0, 0.05) is 11.6 Å². The molecule has 0 spiro atoms. The maximum absolute atomic E-state index is 11.1. The Morgan fingerprint density at radius 2 is 2.12 bits per heavy atom. The van der Waals surface area contributed by atoms with Gasteiger partial charge in [-0.2, -0.15) is 0 Å². The third kappa shape index (κ3) is 3.24. The van der Waals surface area contributed by atoms with Crippen LogP contribution in [0.25, 0.3) is 0 Å². The van der Waals surface area contributed by atoms with E-state index in [4.69, 9.17) is 10.5 Å². The average Bonchev–Trinajstić information content (AvgIpc) is 2.30. The fourth-order valence-electron chi connectivity index (χ4n) is 1.45. The number of para-hydroxylation sites is 1. The van der Waals surface area contributed by atoms with Crippen LogP contribution in [0.2, 0.25) is 0 Å². The second-order valence-electron chi connectivity index (χ2n) is 3.36. The highest BCUT2D eigenvalue weighted by molar-refractivity contribution is 5.70. The number of methoxy groups -OCH3 is 1. The Morgan fingerprint density at radius 3 is 2.75 bits per heavy atom. The minimum atomic E-state index is -0.393. The van der Waals surface area contributed by atoms with Crippen LogP contribution in [0.4, 0.5) is 0 Å². The number of carbonyl (C=O) groups excluding carboxylic acids is 1. The lowest BCUT2D eigenvalue weighted by Gasteiger charge is -2.15. The predicted octanol–water partition coefficient (Wildman–Crippen LogP) is 1.65. The summed E-state index contributed by atoms with van der Waals surface area (Å²) in [4.78, 5) is 11.1. The standard InChI is InChI=1S/C12H17NO3/c1-3-16-11-7-5-4-6-9(11)10(13)8-12(14)15-2/h4-7,10H,3,8,13H2,1-2H3/t10-/m0/s1. The third-order valence-corrected chi connectivity index (χ3v) is 2.23. The number of hydrogen-bond acceptors (Lipinski definition) is 4. The Morgan fingerprint density at radius 1 is 1.44 bits per heavy atom. The highest BCUT2D eigenvalue weighted by Crippen LogP contribution is 2.25. The molecule has 16 heavy (non-hydrogen) atoms. The first-order chi connectivity index (χ1) is 7.69. The van der Waals surface area contributed by atoms with Crippen LogP contribution in [0.5, 0.6) is 5.75 Å². The molecule has 0 unspecified atom stereocenters. The van der Waals surface area contributed by atoms with E-state index in [2.05, 4.69) is 4.74 Å². The van der Waals surface area contributed by atoms with Crippen molar-refractivity contribution in [2.45, 2.75) is 19.4 Å². The van der Waals surface area contributed by atoms with Gasteiger partial charge < -0.3 is 15.2 Å². The lowest BCUT2D eigenvalue weighted by Crippen LogP contribution is -2.17. The van der Waals surface area contributed by atoms with Crippen molar-refractivity contribution < 1.29 is 14.3 Å². The van der Waals surface area contributed by atoms with Crippen molar-refractivity contribution in [2.24, 2.45) is 5.73 Å². The van der Waals surface area contributed by atoms with E-state index in [1.54, 1.807) is 0 Å². The van der Waals surface area contributed by atoms with Crippen molar-refractivity contribution in [3.05, 3.63) is 29.8 Å². The van der Waals surface area contributed by atoms with Gasteiger partial charge in [-0.3, -0.25) is 4.79 Å². The summed E-state index contributed by atoms with van der Waals surface area (Å²) >= 11 is 0. The lowest BCUT2D eigenvalue weighted by atomic mass is 10.0. The van der Waals surface area contributed by atoms with E-state index in [-0.39, 0.29) is 12.4 Å². The molecular formula is C12H17NO3. The zero-order valence-corrected chi connectivity index (χ0v) is 9.60. The normalized spacial score (nSPS) is 11.9. The fraction of sp³-hybridized carbons (Fsp3) is 0.417. The van der Waals surface area contributed by atoms with Crippen molar-refractivity contribution >= 4 is 5.97 Å². The molecule has 0 aromatic heterocycles. The van der Waals surface area contributed by atoms with Crippen LogP contribution in [0.3, 0.4) is 0 Å². The van der Waals surface area contributed by atoms with Crippen molar-refractivity contribution in [3.63, 3.8) is 0 Å². The van der Waals surface area contributed by atoms with Crippen LogP contribution < -0.4 is 10.5 Å². The molecule has 0 aliphatic heterocycles. The van der Waals surface area contributed by atoms with Gasteiger partial charge in [-0.05, 0) is 13.0 Å². The maximum atomic E-state index is 11.1. The second kappa shape index (κ2) is 6.12. The van der Waals surface area contributed by atoms with Gasteiger partial charge >= 0.3 is 5.97 Å². The van der Waals surface area contributed by atoms with Crippen molar-refractivity contribution in [2.75, 3.05) is 13.7 Å². The Labute approximate surface area is 95.3 Å². The summed E-state index contributed by atoms with van der Waals surface area (Å²) in [6, 6.07) is 7.05. The minimum Gasteiger partial charge on any atom is -0.494 e. The molecule has 4 heteroatoms. The van der Waals surface area contributed by atoms with Gasteiger partial charge in [-0.15, -0.1) is 0 Å². The van der Waals surface area contributed by atoms with Gasteiger partial charge in [0.15, 0.2) is 0 Å². The number of esters is 1. The number of benzene rings is 1. The molecule has 0 saturated heterocycles. The highest BCUT2D eigenvalue weighted by atomic mass is 16.5. The molecule has 1 rings (SSSR count). The Bertz CT molecular complexity index is 352. The molecule has 2 N–H and O–H groups in total. The molecule has 1 aromatic carbocycles. The van der Waals surface area contributed by atoms with Crippen molar-refractivity contribution in [1.82, 2.24) is 0 Å². The lowest BCUT2D eigenvalue weighted by molar-refractivity contribution is -0.141. The van der Waals surface area contributed by atoms with E-state index in [0.717, 1.165) is 11.3 Å². The summed E-state index contributed by atoms with van der Waals surface area (Å²) in [5, 5.41) is 0. The molecule has 1 aromatic rings. The van der Waals surface area contributed by atoms with Gasteiger partial charge in [0.25, 0.3) is 0 Å². The summed E-state index contributed by atoms with van der Waals surface area (Å²) in [6.07, 6.45) is 0.153. The van der Waals surface area contributed by atoms with Gasteiger partial charge in [0.1, 0.15) is 5.75 Å². The molecule has 1 atom stereocenters. The van der Waals surface area contributed by atoms with Gasteiger partial charge in [0.2, 0.25) is 0 Å². The summed E-state index contributed by atoms with van der Waals surface area (Å²) in [5.41, 5.74) is 6.75. The number of hydrogen-bond donors (Lipinski definition) is 1. The third-order valence-electron chi connectivity index (χ3n) is 2.23. The SMILES string of the molecule is CCOc1ccccc1[C@@H](N)CC(=O)OC. The van der Waals surface area contributed by atoms with Crippen molar-refractivity contribution in [1.29, 1.82) is 0 Å². The van der Waals surface area contributed by atoms with Crippen LogP contribution in [0.15, 0.2) is 24.3 Å². The minimum absolute atomic E-state index is 0.153. The topological polar surface area (TPSA) is 61.5 Å². The highest BCUT2D eigenvalue weighted by Gasteiger charge is 2.15. The quantitative estimate of drug-likeness (QED) is 0.771. The maximum Gasteiger partial charge on any atom is 0.307 e. The summed E-state index contributed by atoms with van der Waals surface area (Å²) in [6.45, 7) is 2.48. The van der Waals surface area contributed by atoms with Gasteiger partial charge in [0.05, 0.1) is 20.1 Å². The Kier molecular flexibility index (Phi) is 4.79. The molecule has 0 bridgehead atoms. The first kappa shape index (κ1) is 12.5. The van der Waals surface area contributed by atoms with Gasteiger partial charge in [-0.25, -0.2) is 0 Å². The van der Waals surface area contributed by atoms with E-state index in [1.807, 2.05) is 31.2 Å². The number of ether oxygens (including phenoxy) is 2. The van der Waals surface area contributed by atoms with Gasteiger partial charge in [-0.1, -0.05) is 18.2 Å². The molecule has 0 saturated carbocycles. The van der Waals surface area contributed by atoms with Crippen LogP contribution in [0.1, 0.15) is 24.9 Å². The molecule has 4 nitrogen and oxygen atoms in total. The number of nitrogens with two attached hydrogens (primary N) is 1. The largest absolute Gasteiger partial charge is 0.494 e. The predicted molar refractivity (Wildman–Crippen MR) is 61.2 cm³/mol. The summed E-state index contributed by atoms with van der Waals surface area (Å²) < 4.78 is 10.0. The molecule has 88 valence electrons. The van der Waals surface area contributed by atoms with E-state index >= 15 is 0 Å². The monoisotopic (exact) mass is 223 g/mol. The number of carbonyl (C=O) groups is 1. The first-order valence-electron chi connectivity index (χ1n) is 5.23. The van der Waals surface area contributed by atoms with E-state index in [0.29, 0.717) is 6.61 Å². The first-order valence-corrected chi connectivity index (χ1v) is 5.23. The molecule has 0 heterocycles. The molecule has 0 fully saturated rings. The molecule has 0 amide bonds.